The standard InChI is InChI=1S/C21H26N2O/c24-21(16-17-8-4-3-5-9-17)23-20-14-12-19(13-15-20)22-18-10-6-1-2-7-11-18/h3-5,8-9,12-15,18,22H,1-2,6-7,10-11,16H2,(H,23,24). The number of hydrogen-bond acceptors (Lipinski definition) is 2. The molecule has 0 aromatic heterocycles. The number of hydrogen-bond donors (Lipinski definition) is 2. The highest BCUT2D eigenvalue weighted by atomic mass is 16.1. The second-order valence-electron chi connectivity index (χ2n) is 6.62. The van der Waals surface area contributed by atoms with E-state index in [2.05, 4.69) is 22.8 Å². The molecule has 0 heterocycles. The highest BCUT2D eigenvalue weighted by Crippen LogP contribution is 2.22. The number of carbonyl (C=O) groups excluding carboxylic acids is 1. The van der Waals surface area contributed by atoms with Gasteiger partial charge in [-0.15, -0.1) is 0 Å². The fraction of sp³-hybridized carbons (Fsp3) is 0.381. The molecule has 0 saturated heterocycles. The zero-order chi connectivity index (χ0) is 16.6. The van der Waals surface area contributed by atoms with Crippen LogP contribution in [0.4, 0.5) is 11.4 Å². The van der Waals surface area contributed by atoms with E-state index >= 15 is 0 Å². The topological polar surface area (TPSA) is 41.1 Å². The summed E-state index contributed by atoms with van der Waals surface area (Å²) in [6.07, 6.45) is 8.31. The molecule has 2 N–H and O–H groups in total. The number of carbonyl (C=O) groups is 1. The maximum atomic E-state index is 12.1. The molecular weight excluding hydrogens is 296 g/mol. The number of nitrogens with one attached hydrogen (secondary N) is 2. The third-order valence-electron chi connectivity index (χ3n) is 4.60. The lowest BCUT2D eigenvalue weighted by Gasteiger charge is -2.18. The molecule has 3 rings (SSSR count). The van der Waals surface area contributed by atoms with Crippen molar-refractivity contribution in [2.75, 3.05) is 10.6 Å². The lowest BCUT2D eigenvalue weighted by Crippen LogP contribution is -2.18. The molecule has 2 aromatic carbocycles. The van der Waals surface area contributed by atoms with Gasteiger partial charge in [0.05, 0.1) is 6.42 Å². The average molecular weight is 322 g/mol. The Morgan fingerprint density at radius 3 is 2.12 bits per heavy atom. The van der Waals surface area contributed by atoms with Gasteiger partial charge in [0.15, 0.2) is 0 Å². The van der Waals surface area contributed by atoms with Crippen molar-refractivity contribution in [3.8, 4) is 0 Å². The fourth-order valence-corrected chi connectivity index (χ4v) is 3.30. The van der Waals surface area contributed by atoms with E-state index in [0.717, 1.165) is 16.9 Å². The van der Waals surface area contributed by atoms with E-state index in [9.17, 15) is 4.79 Å². The van der Waals surface area contributed by atoms with Gasteiger partial charge in [-0.05, 0) is 42.7 Å². The zero-order valence-corrected chi connectivity index (χ0v) is 14.1. The molecule has 0 bridgehead atoms. The van der Waals surface area contributed by atoms with Crippen molar-refractivity contribution < 1.29 is 4.79 Å². The van der Waals surface area contributed by atoms with Gasteiger partial charge in [-0.3, -0.25) is 4.79 Å². The van der Waals surface area contributed by atoms with Crippen molar-refractivity contribution in [1.82, 2.24) is 0 Å². The summed E-state index contributed by atoms with van der Waals surface area (Å²) in [6.45, 7) is 0. The van der Waals surface area contributed by atoms with Crippen LogP contribution < -0.4 is 10.6 Å². The second kappa shape index (κ2) is 8.53. The Balaban J connectivity index is 1.51. The third-order valence-corrected chi connectivity index (χ3v) is 4.60. The highest BCUT2D eigenvalue weighted by Gasteiger charge is 2.11. The summed E-state index contributed by atoms with van der Waals surface area (Å²) in [6, 6.07) is 18.5. The minimum atomic E-state index is 0.0191. The van der Waals surface area contributed by atoms with Crippen LogP contribution >= 0.6 is 0 Å². The van der Waals surface area contributed by atoms with E-state index in [-0.39, 0.29) is 5.91 Å². The maximum Gasteiger partial charge on any atom is 0.228 e. The van der Waals surface area contributed by atoms with Crippen molar-refractivity contribution in [2.45, 2.75) is 51.0 Å². The molecule has 24 heavy (non-hydrogen) atoms. The summed E-state index contributed by atoms with van der Waals surface area (Å²) in [5.41, 5.74) is 3.02. The molecule has 1 fully saturated rings. The van der Waals surface area contributed by atoms with Crippen LogP contribution in [0.25, 0.3) is 0 Å². The van der Waals surface area contributed by atoms with Crippen molar-refractivity contribution in [3.63, 3.8) is 0 Å². The van der Waals surface area contributed by atoms with Crippen molar-refractivity contribution >= 4 is 17.3 Å². The molecule has 3 nitrogen and oxygen atoms in total. The smallest absolute Gasteiger partial charge is 0.228 e. The van der Waals surface area contributed by atoms with Gasteiger partial charge in [0, 0.05) is 17.4 Å². The molecule has 1 saturated carbocycles. The molecule has 3 heteroatoms. The highest BCUT2D eigenvalue weighted by molar-refractivity contribution is 5.92. The molecule has 0 spiro atoms. The first-order valence-corrected chi connectivity index (χ1v) is 9.00. The first kappa shape index (κ1) is 16.6. The van der Waals surface area contributed by atoms with Crippen LogP contribution in [-0.2, 0) is 11.2 Å². The van der Waals surface area contributed by atoms with Gasteiger partial charge >= 0.3 is 0 Å². The Morgan fingerprint density at radius 2 is 1.46 bits per heavy atom. The molecule has 1 amide bonds. The zero-order valence-electron chi connectivity index (χ0n) is 14.1. The quantitative estimate of drug-likeness (QED) is 0.760. The minimum absolute atomic E-state index is 0.0191. The SMILES string of the molecule is O=C(Cc1ccccc1)Nc1ccc(NC2CCCCCC2)cc1. The number of benzene rings is 2. The Hall–Kier alpha value is -2.29. The van der Waals surface area contributed by atoms with Crippen LogP contribution in [-0.4, -0.2) is 11.9 Å². The second-order valence-corrected chi connectivity index (χ2v) is 6.62. The van der Waals surface area contributed by atoms with Gasteiger partial charge in [0.25, 0.3) is 0 Å². The van der Waals surface area contributed by atoms with Crippen molar-refractivity contribution in [1.29, 1.82) is 0 Å². The van der Waals surface area contributed by atoms with Crippen LogP contribution in [0.1, 0.15) is 44.1 Å². The Bertz CT molecular complexity index is 629. The molecular formula is C21H26N2O. The first-order valence-electron chi connectivity index (χ1n) is 9.00. The summed E-state index contributed by atoms with van der Waals surface area (Å²) in [7, 11) is 0. The minimum Gasteiger partial charge on any atom is -0.382 e. The molecule has 2 aromatic rings. The maximum absolute atomic E-state index is 12.1. The predicted molar refractivity (Wildman–Crippen MR) is 100 cm³/mol. The first-order chi connectivity index (χ1) is 11.8. The van der Waals surface area contributed by atoms with Gasteiger partial charge in [0.2, 0.25) is 5.91 Å². The third kappa shape index (κ3) is 5.12. The van der Waals surface area contributed by atoms with E-state index in [1.807, 2.05) is 42.5 Å². The van der Waals surface area contributed by atoms with Crippen LogP contribution in [0, 0.1) is 0 Å². The predicted octanol–water partition coefficient (Wildman–Crippen LogP) is 5.00. The van der Waals surface area contributed by atoms with Gasteiger partial charge in [-0.25, -0.2) is 0 Å². The van der Waals surface area contributed by atoms with Gasteiger partial charge in [-0.2, -0.15) is 0 Å². The average Bonchev–Trinajstić information content (AvgIpc) is 2.86. The molecule has 126 valence electrons. The summed E-state index contributed by atoms with van der Waals surface area (Å²) in [5.74, 6) is 0.0191. The van der Waals surface area contributed by atoms with Crippen molar-refractivity contribution in [3.05, 3.63) is 60.2 Å². The molecule has 1 aliphatic carbocycles. The van der Waals surface area contributed by atoms with E-state index < -0.39 is 0 Å². The number of amides is 1. The normalized spacial score (nSPS) is 15.5. The van der Waals surface area contributed by atoms with Gasteiger partial charge in [-0.1, -0.05) is 56.0 Å². The van der Waals surface area contributed by atoms with Crippen LogP contribution in [0.3, 0.4) is 0 Å². The van der Waals surface area contributed by atoms with E-state index in [4.69, 9.17) is 0 Å². The fourth-order valence-electron chi connectivity index (χ4n) is 3.30. The van der Waals surface area contributed by atoms with E-state index in [0.29, 0.717) is 12.5 Å². The van der Waals surface area contributed by atoms with Gasteiger partial charge < -0.3 is 10.6 Å². The lowest BCUT2D eigenvalue weighted by atomic mass is 10.1. The van der Waals surface area contributed by atoms with Crippen LogP contribution in [0.2, 0.25) is 0 Å². The Kier molecular flexibility index (Phi) is 5.89. The monoisotopic (exact) mass is 322 g/mol. The van der Waals surface area contributed by atoms with Gasteiger partial charge in [0.1, 0.15) is 0 Å². The number of rotatable bonds is 5. The van der Waals surface area contributed by atoms with Crippen LogP contribution in [0.5, 0.6) is 0 Å². The summed E-state index contributed by atoms with van der Waals surface area (Å²) in [5, 5.41) is 6.59. The number of anilines is 2. The molecule has 0 unspecified atom stereocenters. The molecule has 0 radical (unpaired) electrons. The summed E-state index contributed by atoms with van der Waals surface area (Å²) >= 11 is 0. The Morgan fingerprint density at radius 1 is 0.833 bits per heavy atom. The molecule has 1 aliphatic rings. The largest absolute Gasteiger partial charge is 0.382 e. The Labute approximate surface area is 144 Å². The summed E-state index contributed by atoms with van der Waals surface area (Å²) in [4.78, 5) is 12.1. The molecule has 0 atom stereocenters. The lowest BCUT2D eigenvalue weighted by molar-refractivity contribution is -0.115. The summed E-state index contributed by atoms with van der Waals surface area (Å²) < 4.78 is 0. The van der Waals surface area contributed by atoms with Crippen LogP contribution in [0.15, 0.2) is 54.6 Å². The molecule has 0 aliphatic heterocycles. The van der Waals surface area contributed by atoms with Crippen molar-refractivity contribution in [2.24, 2.45) is 0 Å². The van der Waals surface area contributed by atoms with E-state index in [1.54, 1.807) is 0 Å². The van der Waals surface area contributed by atoms with E-state index in [1.165, 1.54) is 38.5 Å².